The van der Waals surface area contributed by atoms with Gasteiger partial charge in [-0.15, -0.1) is 0 Å². The normalized spacial score (nSPS) is 28.1. The molecule has 1 fully saturated rings. The van der Waals surface area contributed by atoms with Gasteiger partial charge >= 0.3 is 0 Å². The van der Waals surface area contributed by atoms with E-state index < -0.39 is 0 Å². The van der Waals surface area contributed by atoms with Gasteiger partial charge < -0.3 is 15.0 Å². The summed E-state index contributed by atoms with van der Waals surface area (Å²) in [6.45, 7) is 3.92. The fourth-order valence-corrected chi connectivity index (χ4v) is 1.72. The van der Waals surface area contributed by atoms with E-state index in [1.807, 2.05) is 12.3 Å². The van der Waals surface area contributed by atoms with Gasteiger partial charge in [-0.05, 0) is 25.5 Å². The third kappa shape index (κ3) is 2.11. The predicted octanol–water partition coefficient (Wildman–Crippen LogP) is 1.28. The lowest BCUT2D eigenvalue weighted by Gasteiger charge is -2.15. The summed E-state index contributed by atoms with van der Waals surface area (Å²) in [5, 5.41) is 3.48. The molecule has 1 aromatic rings. The molecule has 0 bridgehead atoms. The molecule has 0 spiro atoms. The molecule has 0 aliphatic carbocycles. The summed E-state index contributed by atoms with van der Waals surface area (Å²) < 4.78 is 5.46. The largest absolute Gasteiger partial charge is 0.377 e. The van der Waals surface area contributed by atoms with Crippen LogP contribution in [0.15, 0.2) is 18.3 Å². The first kappa shape index (κ1) is 8.78. The molecule has 2 unspecified atom stereocenters. The number of ether oxygens (including phenoxy) is 1. The minimum atomic E-state index is 0.356. The lowest BCUT2D eigenvalue weighted by atomic mass is 10.1. The number of nitrogens with one attached hydrogen (secondary N) is 2. The highest BCUT2D eigenvalue weighted by Crippen LogP contribution is 2.12. The van der Waals surface area contributed by atoms with E-state index in [1.54, 1.807) is 0 Å². The van der Waals surface area contributed by atoms with Gasteiger partial charge in [0, 0.05) is 31.1 Å². The third-order valence-electron chi connectivity index (χ3n) is 2.59. The fourth-order valence-electron chi connectivity index (χ4n) is 1.72. The Balaban J connectivity index is 1.79. The Morgan fingerprint density at radius 1 is 1.69 bits per heavy atom. The van der Waals surface area contributed by atoms with Crippen molar-refractivity contribution in [2.45, 2.75) is 32.0 Å². The average Bonchev–Trinajstić information content (AvgIpc) is 2.72. The van der Waals surface area contributed by atoms with Gasteiger partial charge in [0.05, 0.1) is 6.10 Å². The molecule has 0 saturated carbocycles. The number of H-pyrrole nitrogens is 1. The molecule has 1 aromatic heterocycles. The van der Waals surface area contributed by atoms with Crippen LogP contribution in [0.2, 0.25) is 0 Å². The van der Waals surface area contributed by atoms with Crippen LogP contribution in [0.25, 0.3) is 0 Å². The summed E-state index contributed by atoms with van der Waals surface area (Å²) in [4.78, 5) is 3.17. The Morgan fingerprint density at radius 3 is 3.23 bits per heavy atom. The van der Waals surface area contributed by atoms with E-state index in [4.69, 9.17) is 4.74 Å². The zero-order valence-corrected chi connectivity index (χ0v) is 7.92. The zero-order chi connectivity index (χ0) is 9.10. The fraction of sp³-hybridized carbons (Fsp3) is 0.600. The first-order valence-corrected chi connectivity index (χ1v) is 4.83. The van der Waals surface area contributed by atoms with Crippen molar-refractivity contribution in [3.05, 3.63) is 24.0 Å². The second kappa shape index (κ2) is 3.94. The summed E-state index contributed by atoms with van der Waals surface area (Å²) >= 11 is 0. The minimum Gasteiger partial charge on any atom is -0.377 e. The van der Waals surface area contributed by atoms with Gasteiger partial charge in [0.1, 0.15) is 0 Å². The summed E-state index contributed by atoms with van der Waals surface area (Å²) in [6.07, 6.45) is 3.43. The van der Waals surface area contributed by atoms with Crippen LogP contribution in [0.5, 0.6) is 0 Å². The van der Waals surface area contributed by atoms with Crippen LogP contribution in [-0.2, 0) is 11.3 Å². The van der Waals surface area contributed by atoms with Gasteiger partial charge in [0.25, 0.3) is 0 Å². The molecular weight excluding hydrogens is 164 g/mol. The smallest absolute Gasteiger partial charge is 0.0700 e. The number of aromatic amines is 1. The molecule has 13 heavy (non-hydrogen) atoms. The van der Waals surface area contributed by atoms with Crippen molar-refractivity contribution < 1.29 is 4.74 Å². The Morgan fingerprint density at radius 2 is 2.62 bits per heavy atom. The van der Waals surface area contributed by atoms with E-state index >= 15 is 0 Å². The van der Waals surface area contributed by atoms with E-state index in [0.717, 1.165) is 19.6 Å². The number of hydrogen-bond donors (Lipinski definition) is 2. The third-order valence-corrected chi connectivity index (χ3v) is 2.59. The number of rotatable bonds is 3. The van der Waals surface area contributed by atoms with Crippen molar-refractivity contribution in [3.63, 3.8) is 0 Å². The number of hydrogen-bond acceptors (Lipinski definition) is 2. The molecule has 2 heterocycles. The molecule has 3 nitrogen and oxygen atoms in total. The van der Waals surface area contributed by atoms with Crippen molar-refractivity contribution in [1.29, 1.82) is 0 Å². The van der Waals surface area contributed by atoms with E-state index in [2.05, 4.69) is 23.3 Å². The van der Waals surface area contributed by atoms with Crippen LogP contribution in [-0.4, -0.2) is 23.7 Å². The maximum Gasteiger partial charge on any atom is 0.0700 e. The highest BCUT2D eigenvalue weighted by atomic mass is 16.5. The van der Waals surface area contributed by atoms with E-state index in [-0.39, 0.29) is 0 Å². The van der Waals surface area contributed by atoms with Crippen molar-refractivity contribution >= 4 is 0 Å². The van der Waals surface area contributed by atoms with Gasteiger partial charge in [-0.25, -0.2) is 0 Å². The van der Waals surface area contributed by atoms with Gasteiger partial charge in [-0.2, -0.15) is 0 Å². The highest BCUT2D eigenvalue weighted by molar-refractivity contribution is 5.03. The van der Waals surface area contributed by atoms with Crippen molar-refractivity contribution in [2.24, 2.45) is 0 Å². The van der Waals surface area contributed by atoms with E-state index in [0.29, 0.717) is 12.1 Å². The minimum absolute atomic E-state index is 0.356. The van der Waals surface area contributed by atoms with Gasteiger partial charge in [0.2, 0.25) is 0 Å². The zero-order valence-electron chi connectivity index (χ0n) is 7.92. The molecular formula is C10H16N2O. The standard InChI is InChI=1S/C10H16N2O/c1-8-10(4-6-13-8)12-7-9-3-2-5-11-9/h2-3,5,8,10-12H,4,6-7H2,1H3. The lowest BCUT2D eigenvalue weighted by Crippen LogP contribution is -2.34. The first-order valence-electron chi connectivity index (χ1n) is 4.83. The Labute approximate surface area is 78.5 Å². The van der Waals surface area contributed by atoms with Crippen LogP contribution in [0.1, 0.15) is 19.0 Å². The molecule has 1 aliphatic heterocycles. The second-order valence-corrected chi connectivity index (χ2v) is 3.55. The average molecular weight is 180 g/mol. The summed E-state index contributed by atoms with van der Waals surface area (Å²) in [5.41, 5.74) is 1.24. The number of aromatic nitrogens is 1. The van der Waals surface area contributed by atoms with Gasteiger partial charge in [-0.1, -0.05) is 0 Å². The molecule has 2 rings (SSSR count). The Bertz CT molecular complexity index is 245. The molecule has 3 heteroatoms. The topological polar surface area (TPSA) is 37.0 Å². The molecule has 0 aromatic carbocycles. The van der Waals surface area contributed by atoms with Crippen molar-refractivity contribution in [1.82, 2.24) is 10.3 Å². The van der Waals surface area contributed by atoms with Crippen LogP contribution >= 0.6 is 0 Å². The molecule has 0 amide bonds. The van der Waals surface area contributed by atoms with Crippen molar-refractivity contribution in [3.8, 4) is 0 Å². The van der Waals surface area contributed by atoms with Crippen LogP contribution in [0.3, 0.4) is 0 Å². The van der Waals surface area contributed by atoms with Crippen LogP contribution < -0.4 is 5.32 Å². The molecule has 2 N–H and O–H groups in total. The monoisotopic (exact) mass is 180 g/mol. The molecule has 1 aliphatic rings. The maximum atomic E-state index is 5.46. The quantitative estimate of drug-likeness (QED) is 0.735. The maximum absolute atomic E-state index is 5.46. The van der Waals surface area contributed by atoms with Crippen molar-refractivity contribution in [2.75, 3.05) is 6.61 Å². The van der Waals surface area contributed by atoms with Gasteiger partial charge in [0.15, 0.2) is 0 Å². The van der Waals surface area contributed by atoms with E-state index in [9.17, 15) is 0 Å². The lowest BCUT2D eigenvalue weighted by molar-refractivity contribution is 0.113. The molecule has 2 atom stereocenters. The Hall–Kier alpha value is -0.800. The first-order chi connectivity index (χ1) is 6.36. The summed E-state index contributed by atoms with van der Waals surface area (Å²) in [5.74, 6) is 0. The van der Waals surface area contributed by atoms with Crippen LogP contribution in [0, 0.1) is 0 Å². The van der Waals surface area contributed by atoms with Gasteiger partial charge in [-0.3, -0.25) is 0 Å². The second-order valence-electron chi connectivity index (χ2n) is 3.55. The highest BCUT2D eigenvalue weighted by Gasteiger charge is 2.23. The SMILES string of the molecule is CC1OCCC1NCc1ccc[nH]1. The summed E-state index contributed by atoms with van der Waals surface area (Å²) in [6, 6.07) is 4.63. The molecule has 1 saturated heterocycles. The molecule has 72 valence electrons. The Kier molecular flexibility index (Phi) is 2.66. The molecule has 0 radical (unpaired) electrons. The van der Waals surface area contributed by atoms with Crippen LogP contribution in [0.4, 0.5) is 0 Å². The summed E-state index contributed by atoms with van der Waals surface area (Å²) in [7, 11) is 0. The van der Waals surface area contributed by atoms with E-state index in [1.165, 1.54) is 5.69 Å². The predicted molar refractivity (Wildman–Crippen MR) is 51.5 cm³/mol.